The fourth-order valence-corrected chi connectivity index (χ4v) is 4.83. The summed E-state index contributed by atoms with van der Waals surface area (Å²) in [5.74, 6) is 4.41. The highest BCUT2D eigenvalue weighted by Gasteiger charge is 2.33. The Labute approximate surface area is 179 Å². The van der Waals surface area contributed by atoms with Crippen molar-refractivity contribution in [3.05, 3.63) is 46.3 Å². The van der Waals surface area contributed by atoms with Gasteiger partial charge in [0.15, 0.2) is 5.82 Å². The minimum atomic E-state index is 0.351. The van der Waals surface area contributed by atoms with Gasteiger partial charge in [0.2, 0.25) is 5.89 Å². The maximum atomic E-state index is 6.28. The summed E-state index contributed by atoms with van der Waals surface area (Å²) in [5.41, 5.74) is 2.36. The average Bonchev–Trinajstić information content (AvgIpc) is 3.37. The lowest BCUT2D eigenvalue weighted by Crippen LogP contribution is -2.34. The van der Waals surface area contributed by atoms with Crippen molar-refractivity contribution in [3.63, 3.8) is 0 Å². The zero-order chi connectivity index (χ0) is 20.2. The summed E-state index contributed by atoms with van der Waals surface area (Å²) in [6.45, 7) is 3.40. The topological polar surface area (TPSA) is 76.1 Å². The van der Waals surface area contributed by atoms with E-state index in [1.807, 2.05) is 6.07 Å². The van der Waals surface area contributed by atoms with Crippen molar-refractivity contribution >= 4 is 17.5 Å². The number of benzene rings is 1. The van der Waals surface area contributed by atoms with Gasteiger partial charge in [-0.15, -0.1) is 10.2 Å². The van der Waals surface area contributed by atoms with Crippen LogP contribution in [0.4, 0.5) is 5.95 Å². The van der Waals surface area contributed by atoms with Gasteiger partial charge in [-0.25, -0.2) is 0 Å². The fourth-order valence-electron chi connectivity index (χ4n) is 4.64. The Kier molecular flexibility index (Phi) is 4.31. The van der Waals surface area contributed by atoms with Gasteiger partial charge in [-0.2, -0.15) is 4.98 Å². The zero-order valence-electron chi connectivity index (χ0n) is 17.0. The van der Waals surface area contributed by atoms with E-state index in [0.29, 0.717) is 11.8 Å². The van der Waals surface area contributed by atoms with E-state index in [1.165, 1.54) is 18.4 Å². The predicted molar refractivity (Wildman–Crippen MR) is 112 cm³/mol. The van der Waals surface area contributed by atoms with Crippen molar-refractivity contribution in [2.45, 2.75) is 50.6 Å². The molecule has 0 spiro atoms. The van der Waals surface area contributed by atoms with Crippen LogP contribution >= 0.6 is 11.6 Å². The SMILES string of the molecule is CN1Cc2cc(Cl)ccc2-n2c(nnc2C2CCN(c3noc(C4CC4)n3)CC2)C1. The number of hydrogen-bond acceptors (Lipinski definition) is 7. The normalized spacial score (nSPS) is 20.1. The van der Waals surface area contributed by atoms with Crippen LogP contribution in [0.3, 0.4) is 0 Å². The van der Waals surface area contributed by atoms with Crippen LogP contribution in [0, 0.1) is 0 Å². The number of halogens is 1. The van der Waals surface area contributed by atoms with Gasteiger partial charge in [0.1, 0.15) is 5.82 Å². The number of rotatable bonds is 3. The van der Waals surface area contributed by atoms with E-state index in [0.717, 1.165) is 73.2 Å². The molecule has 30 heavy (non-hydrogen) atoms. The molecule has 2 aliphatic heterocycles. The van der Waals surface area contributed by atoms with Gasteiger partial charge in [-0.05, 0) is 61.7 Å². The minimum Gasteiger partial charge on any atom is -0.338 e. The van der Waals surface area contributed by atoms with E-state index in [-0.39, 0.29) is 0 Å². The molecule has 0 amide bonds. The first-order valence-electron chi connectivity index (χ1n) is 10.7. The number of fused-ring (bicyclic) bond motifs is 3. The third-order valence-corrected chi connectivity index (χ3v) is 6.62. The van der Waals surface area contributed by atoms with Crippen molar-refractivity contribution in [2.24, 2.45) is 0 Å². The standard InChI is InChI=1S/C21H24ClN7O/c1-27-11-15-10-16(22)4-5-17(15)29-18(12-27)24-25-19(29)13-6-8-28(9-7-13)21-23-20(30-26-21)14-2-3-14/h4-5,10,13-14H,2-3,6-9,11-12H2,1H3. The first kappa shape index (κ1) is 18.3. The Hall–Kier alpha value is -2.45. The highest BCUT2D eigenvalue weighted by molar-refractivity contribution is 6.30. The van der Waals surface area contributed by atoms with Crippen LogP contribution < -0.4 is 4.90 Å². The van der Waals surface area contributed by atoms with Crippen LogP contribution in [-0.2, 0) is 13.1 Å². The molecular weight excluding hydrogens is 402 g/mol. The molecule has 156 valence electrons. The second kappa shape index (κ2) is 7.06. The number of piperidine rings is 1. The summed E-state index contributed by atoms with van der Waals surface area (Å²) >= 11 is 6.28. The minimum absolute atomic E-state index is 0.351. The van der Waals surface area contributed by atoms with E-state index in [4.69, 9.17) is 16.1 Å². The summed E-state index contributed by atoms with van der Waals surface area (Å²) < 4.78 is 7.70. The Morgan fingerprint density at radius 1 is 1.03 bits per heavy atom. The van der Waals surface area contributed by atoms with E-state index >= 15 is 0 Å². The van der Waals surface area contributed by atoms with Crippen LogP contribution in [0.2, 0.25) is 5.02 Å². The second-order valence-corrected chi connectivity index (χ2v) is 9.16. The third-order valence-electron chi connectivity index (χ3n) is 6.39. The van der Waals surface area contributed by atoms with Crippen molar-refractivity contribution in [1.82, 2.24) is 29.8 Å². The first-order chi connectivity index (χ1) is 14.7. The monoisotopic (exact) mass is 425 g/mol. The molecule has 0 unspecified atom stereocenters. The lowest BCUT2D eigenvalue weighted by molar-refractivity contribution is 0.315. The molecule has 2 fully saturated rings. The summed E-state index contributed by atoms with van der Waals surface area (Å²) in [6, 6.07) is 6.11. The summed E-state index contributed by atoms with van der Waals surface area (Å²) in [7, 11) is 2.11. The van der Waals surface area contributed by atoms with Crippen molar-refractivity contribution < 1.29 is 4.52 Å². The van der Waals surface area contributed by atoms with Crippen LogP contribution in [0.25, 0.3) is 5.69 Å². The maximum absolute atomic E-state index is 6.28. The first-order valence-corrected chi connectivity index (χ1v) is 11.0. The van der Waals surface area contributed by atoms with Crippen molar-refractivity contribution in [3.8, 4) is 5.69 Å². The fraction of sp³-hybridized carbons (Fsp3) is 0.524. The van der Waals surface area contributed by atoms with Crippen LogP contribution in [0.5, 0.6) is 0 Å². The number of nitrogens with zero attached hydrogens (tertiary/aromatic N) is 7. The van der Waals surface area contributed by atoms with E-state index in [9.17, 15) is 0 Å². The Balaban J connectivity index is 1.26. The molecule has 0 bridgehead atoms. The van der Waals surface area contributed by atoms with Crippen LogP contribution in [0.15, 0.2) is 22.7 Å². The highest BCUT2D eigenvalue weighted by atomic mass is 35.5. The molecular formula is C21H24ClN7O. The molecule has 9 heteroatoms. The van der Waals surface area contributed by atoms with Gasteiger partial charge in [0, 0.05) is 36.5 Å². The van der Waals surface area contributed by atoms with Gasteiger partial charge in [-0.1, -0.05) is 11.6 Å². The van der Waals surface area contributed by atoms with E-state index in [1.54, 1.807) is 0 Å². The molecule has 1 aliphatic carbocycles. The third kappa shape index (κ3) is 3.18. The van der Waals surface area contributed by atoms with Gasteiger partial charge in [0.25, 0.3) is 5.95 Å². The van der Waals surface area contributed by atoms with Crippen molar-refractivity contribution in [2.75, 3.05) is 25.0 Å². The Bertz CT molecular complexity index is 1080. The van der Waals surface area contributed by atoms with E-state index < -0.39 is 0 Å². The highest BCUT2D eigenvalue weighted by Crippen LogP contribution is 2.40. The molecule has 1 saturated heterocycles. The van der Waals surface area contributed by atoms with E-state index in [2.05, 4.69) is 53.9 Å². The van der Waals surface area contributed by atoms with Crippen LogP contribution in [-0.4, -0.2) is 49.9 Å². The van der Waals surface area contributed by atoms with Crippen molar-refractivity contribution in [1.29, 1.82) is 0 Å². The molecule has 1 aromatic carbocycles. The molecule has 3 aromatic rings. The molecule has 0 atom stereocenters. The average molecular weight is 426 g/mol. The van der Waals surface area contributed by atoms with Gasteiger partial charge in [-0.3, -0.25) is 9.47 Å². The number of hydrogen-bond donors (Lipinski definition) is 0. The second-order valence-electron chi connectivity index (χ2n) is 8.72. The molecule has 0 N–H and O–H groups in total. The zero-order valence-corrected chi connectivity index (χ0v) is 17.7. The molecule has 3 aliphatic rings. The maximum Gasteiger partial charge on any atom is 0.266 e. The predicted octanol–water partition coefficient (Wildman–Crippen LogP) is 3.51. The summed E-state index contributed by atoms with van der Waals surface area (Å²) in [4.78, 5) is 9.09. The van der Waals surface area contributed by atoms with Gasteiger partial charge < -0.3 is 9.42 Å². The smallest absolute Gasteiger partial charge is 0.266 e. The quantitative estimate of drug-likeness (QED) is 0.635. The molecule has 2 aromatic heterocycles. The molecule has 4 heterocycles. The molecule has 8 nitrogen and oxygen atoms in total. The van der Waals surface area contributed by atoms with Gasteiger partial charge >= 0.3 is 0 Å². The summed E-state index contributed by atoms with van der Waals surface area (Å²) in [6.07, 6.45) is 4.32. The Morgan fingerprint density at radius 3 is 2.67 bits per heavy atom. The lowest BCUT2D eigenvalue weighted by atomic mass is 9.96. The number of aromatic nitrogens is 5. The number of anilines is 1. The summed E-state index contributed by atoms with van der Waals surface area (Å²) in [5, 5.41) is 14.2. The lowest BCUT2D eigenvalue weighted by Gasteiger charge is -2.30. The molecule has 0 radical (unpaired) electrons. The van der Waals surface area contributed by atoms with Gasteiger partial charge in [0.05, 0.1) is 12.2 Å². The molecule has 1 saturated carbocycles. The molecule has 6 rings (SSSR count). The Morgan fingerprint density at radius 2 is 1.87 bits per heavy atom. The largest absolute Gasteiger partial charge is 0.338 e. The van der Waals surface area contributed by atoms with Crippen LogP contribution in [0.1, 0.15) is 60.6 Å².